The van der Waals surface area contributed by atoms with E-state index in [1.54, 1.807) is 23.1 Å². The van der Waals surface area contributed by atoms with Crippen LogP contribution in [0, 0.1) is 0 Å². The van der Waals surface area contributed by atoms with E-state index in [0.717, 1.165) is 4.57 Å². The third-order valence-electron chi connectivity index (χ3n) is 5.97. The van der Waals surface area contributed by atoms with E-state index < -0.39 is 36.3 Å². The summed E-state index contributed by atoms with van der Waals surface area (Å²) in [6.07, 6.45) is -0.248. The van der Waals surface area contributed by atoms with Crippen LogP contribution in [0.5, 0.6) is 0 Å². The van der Waals surface area contributed by atoms with Crippen molar-refractivity contribution in [2.45, 2.75) is 64.0 Å². The van der Waals surface area contributed by atoms with Gasteiger partial charge < -0.3 is 24.3 Å². The standard InChI is InChI=1S/C19H25N7O6/c1-19(2)31-12(14(32-19)11(28)9-27)8-26-10(7-20-22-26)15-21-13-16-24(15)5-4-6-25(16)18(30)23(3)17(13)29/h7,11-12,14,27-28H,4-6,8-9H2,1-3H3/t11-,12-,14-/m1/s1. The highest BCUT2D eigenvalue weighted by Gasteiger charge is 2.45. The number of nitrogens with zero attached hydrogens (tertiary/aromatic N) is 7. The van der Waals surface area contributed by atoms with Crippen LogP contribution in [0.15, 0.2) is 15.8 Å². The normalized spacial score (nSPS) is 23.2. The van der Waals surface area contributed by atoms with Crippen molar-refractivity contribution in [1.82, 2.24) is 33.7 Å². The number of imidazole rings is 1. The first-order valence-corrected chi connectivity index (χ1v) is 10.5. The van der Waals surface area contributed by atoms with E-state index in [1.807, 2.05) is 4.57 Å². The molecule has 0 bridgehead atoms. The third-order valence-corrected chi connectivity index (χ3v) is 5.97. The molecule has 0 aliphatic carbocycles. The molecule has 0 radical (unpaired) electrons. The zero-order valence-electron chi connectivity index (χ0n) is 18.0. The SMILES string of the molecule is Cn1c(=O)c2nc(-c3cnnn3C[C@H]3OC(C)(C)O[C@@H]3[C@H](O)CO)n3c2n(c1=O)CCC3. The highest BCUT2D eigenvalue weighted by atomic mass is 16.8. The van der Waals surface area contributed by atoms with Gasteiger partial charge in [0.1, 0.15) is 24.0 Å². The van der Waals surface area contributed by atoms with E-state index in [0.29, 0.717) is 36.7 Å². The van der Waals surface area contributed by atoms with E-state index in [-0.39, 0.29) is 17.8 Å². The van der Waals surface area contributed by atoms with Crippen LogP contribution in [0.1, 0.15) is 20.3 Å². The summed E-state index contributed by atoms with van der Waals surface area (Å²) in [6.45, 7) is 4.26. The Morgan fingerprint density at radius 2 is 2.00 bits per heavy atom. The molecule has 13 heteroatoms. The third kappa shape index (κ3) is 3.11. The highest BCUT2D eigenvalue weighted by Crippen LogP contribution is 2.32. The summed E-state index contributed by atoms with van der Waals surface area (Å²) in [4.78, 5) is 29.9. The topological polar surface area (TPSA) is 151 Å². The van der Waals surface area contributed by atoms with Crippen LogP contribution in [0.3, 0.4) is 0 Å². The second-order valence-corrected chi connectivity index (χ2v) is 8.60. The maximum absolute atomic E-state index is 12.7. The lowest BCUT2D eigenvalue weighted by atomic mass is 10.1. The van der Waals surface area contributed by atoms with Crippen LogP contribution in [0.25, 0.3) is 22.7 Å². The van der Waals surface area contributed by atoms with Crippen molar-refractivity contribution < 1.29 is 19.7 Å². The Balaban J connectivity index is 1.59. The van der Waals surface area contributed by atoms with Crippen molar-refractivity contribution in [3.05, 3.63) is 27.0 Å². The number of hydrogen-bond donors (Lipinski definition) is 2. The van der Waals surface area contributed by atoms with Gasteiger partial charge in [0.25, 0.3) is 5.56 Å². The number of rotatable bonds is 5. The zero-order chi connectivity index (χ0) is 22.8. The van der Waals surface area contributed by atoms with E-state index in [9.17, 15) is 19.8 Å². The van der Waals surface area contributed by atoms with Gasteiger partial charge in [-0.15, -0.1) is 5.10 Å². The van der Waals surface area contributed by atoms with Crippen LogP contribution in [0.2, 0.25) is 0 Å². The summed E-state index contributed by atoms with van der Waals surface area (Å²) in [7, 11) is 1.44. The molecule has 172 valence electrons. The number of ether oxygens (including phenoxy) is 2. The molecule has 13 nitrogen and oxygen atoms in total. The minimum atomic E-state index is -1.12. The number of aliphatic hydroxyl groups is 2. The van der Waals surface area contributed by atoms with E-state index in [4.69, 9.17) is 9.47 Å². The molecule has 32 heavy (non-hydrogen) atoms. The molecule has 0 saturated carbocycles. The lowest BCUT2D eigenvalue weighted by molar-refractivity contribution is -0.157. The largest absolute Gasteiger partial charge is 0.394 e. The second kappa shape index (κ2) is 7.33. The molecule has 2 aliphatic rings. The van der Waals surface area contributed by atoms with Gasteiger partial charge in [0.05, 0.1) is 19.3 Å². The number of hydrogen-bond acceptors (Lipinski definition) is 9. The molecule has 3 aromatic rings. The highest BCUT2D eigenvalue weighted by molar-refractivity contribution is 5.76. The van der Waals surface area contributed by atoms with Crippen LogP contribution in [-0.2, 0) is 36.2 Å². The molecule has 0 unspecified atom stereocenters. The Labute approximate surface area is 181 Å². The fourth-order valence-corrected chi connectivity index (χ4v) is 4.55. The van der Waals surface area contributed by atoms with Crippen molar-refractivity contribution in [2.75, 3.05) is 6.61 Å². The summed E-state index contributed by atoms with van der Waals surface area (Å²) >= 11 is 0. The fraction of sp³-hybridized carbons (Fsp3) is 0.632. The molecule has 0 spiro atoms. The molecule has 3 atom stereocenters. The van der Waals surface area contributed by atoms with Gasteiger partial charge in [0, 0.05) is 20.1 Å². The first kappa shape index (κ1) is 21.0. The Morgan fingerprint density at radius 1 is 1.25 bits per heavy atom. The van der Waals surface area contributed by atoms with Crippen LogP contribution in [0.4, 0.5) is 0 Å². The van der Waals surface area contributed by atoms with Gasteiger partial charge in [-0.2, -0.15) is 0 Å². The molecular weight excluding hydrogens is 422 g/mol. The van der Waals surface area contributed by atoms with Crippen molar-refractivity contribution >= 4 is 11.2 Å². The summed E-state index contributed by atoms with van der Waals surface area (Å²) < 4.78 is 17.7. The van der Waals surface area contributed by atoms with E-state index in [2.05, 4.69) is 15.3 Å². The van der Waals surface area contributed by atoms with E-state index in [1.165, 1.54) is 13.2 Å². The minimum absolute atomic E-state index is 0.175. The maximum Gasteiger partial charge on any atom is 0.332 e. The summed E-state index contributed by atoms with van der Waals surface area (Å²) in [5, 5.41) is 27.7. The summed E-state index contributed by atoms with van der Waals surface area (Å²) in [5.41, 5.74) is 0.408. The Hall–Kier alpha value is -2.87. The molecule has 5 rings (SSSR count). The van der Waals surface area contributed by atoms with E-state index >= 15 is 0 Å². The molecule has 3 aromatic heterocycles. The first-order chi connectivity index (χ1) is 15.2. The Bertz CT molecular complexity index is 1300. The predicted molar refractivity (Wildman–Crippen MR) is 110 cm³/mol. The summed E-state index contributed by atoms with van der Waals surface area (Å²) in [6, 6.07) is 0. The first-order valence-electron chi connectivity index (χ1n) is 10.5. The number of aliphatic hydroxyl groups excluding tert-OH is 2. The molecular formula is C19H25N7O6. The smallest absolute Gasteiger partial charge is 0.332 e. The van der Waals surface area contributed by atoms with Gasteiger partial charge in [-0.05, 0) is 20.3 Å². The molecule has 2 aliphatic heterocycles. The van der Waals surface area contributed by atoms with Gasteiger partial charge in [0.2, 0.25) is 0 Å². The maximum atomic E-state index is 12.7. The second-order valence-electron chi connectivity index (χ2n) is 8.60. The Morgan fingerprint density at radius 3 is 2.75 bits per heavy atom. The quantitative estimate of drug-likeness (QED) is 0.473. The Kier molecular flexibility index (Phi) is 4.81. The van der Waals surface area contributed by atoms with Gasteiger partial charge >= 0.3 is 5.69 Å². The molecule has 2 N–H and O–H groups in total. The molecule has 1 saturated heterocycles. The lowest BCUT2D eigenvalue weighted by Crippen LogP contribution is -2.40. The van der Waals surface area contributed by atoms with Crippen LogP contribution in [-0.4, -0.2) is 74.6 Å². The molecule has 0 aromatic carbocycles. The number of aryl methyl sites for hydroxylation is 2. The minimum Gasteiger partial charge on any atom is -0.394 e. The molecule has 1 fully saturated rings. The van der Waals surface area contributed by atoms with Gasteiger partial charge in [-0.3, -0.25) is 13.9 Å². The summed E-state index contributed by atoms with van der Waals surface area (Å²) in [5.74, 6) is -0.471. The van der Waals surface area contributed by atoms with Gasteiger partial charge in [-0.1, -0.05) is 5.21 Å². The monoisotopic (exact) mass is 447 g/mol. The lowest BCUT2D eigenvalue weighted by Gasteiger charge is -2.21. The van der Waals surface area contributed by atoms with Gasteiger partial charge in [0.15, 0.2) is 22.8 Å². The van der Waals surface area contributed by atoms with Gasteiger partial charge in [-0.25, -0.2) is 14.5 Å². The number of aromatic nitrogens is 7. The van der Waals surface area contributed by atoms with Crippen LogP contribution >= 0.6 is 0 Å². The fourth-order valence-electron chi connectivity index (χ4n) is 4.55. The average Bonchev–Trinajstić information content (AvgIpc) is 3.45. The van der Waals surface area contributed by atoms with Crippen molar-refractivity contribution in [2.24, 2.45) is 7.05 Å². The average molecular weight is 447 g/mol. The van der Waals surface area contributed by atoms with Crippen molar-refractivity contribution in [3.8, 4) is 11.5 Å². The molecule has 5 heterocycles. The van der Waals surface area contributed by atoms with Crippen molar-refractivity contribution in [3.63, 3.8) is 0 Å². The van der Waals surface area contributed by atoms with Crippen LogP contribution < -0.4 is 11.2 Å². The molecule has 0 amide bonds. The van der Waals surface area contributed by atoms with Crippen molar-refractivity contribution in [1.29, 1.82) is 0 Å². The predicted octanol–water partition coefficient (Wildman–Crippen LogP) is -1.57. The zero-order valence-corrected chi connectivity index (χ0v) is 18.0.